The van der Waals surface area contributed by atoms with Crippen LogP contribution in [0.2, 0.25) is 0 Å². The second kappa shape index (κ2) is 7.20. The zero-order valence-corrected chi connectivity index (χ0v) is 20.3. The molecule has 0 N–H and O–H groups in total. The van der Waals surface area contributed by atoms with Gasteiger partial charge in [-0.05, 0) is 70.6 Å². The van der Waals surface area contributed by atoms with E-state index in [2.05, 4.69) is 135 Å². The molecule has 6 aromatic rings. The van der Waals surface area contributed by atoms with Crippen molar-refractivity contribution in [3.05, 3.63) is 126 Å². The second-order valence-electron chi connectivity index (χ2n) is 10.4. The Morgan fingerprint density at radius 2 is 1.20 bits per heavy atom. The van der Waals surface area contributed by atoms with Crippen molar-refractivity contribution in [2.45, 2.75) is 26.2 Å². The van der Waals surface area contributed by atoms with Crippen molar-refractivity contribution in [1.82, 2.24) is 4.57 Å². The highest BCUT2D eigenvalue weighted by Gasteiger charge is 2.36. The minimum absolute atomic E-state index is 0.0172. The zero-order valence-electron chi connectivity index (χ0n) is 20.3. The largest absolute Gasteiger partial charge is 0.309 e. The van der Waals surface area contributed by atoms with Gasteiger partial charge in [-0.1, -0.05) is 98.3 Å². The number of benzene rings is 5. The van der Waals surface area contributed by atoms with Crippen LogP contribution in [-0.2, 0) is 5.41 Å². The Bertz CT molecular complexity index is 1750. The van der Waals surface area contributed by atoms with Crippen LogP contribution in [0, 0.1) is 6.92 Å². The Hall–Kier alpha value is -4.10. The summed E-state index contributed by atoms with van der Waals surface area (Å²) in [6, 6.07) is 40.3. The standard InChI is InChI=1S/C34H27N/c1-22-12-14-23(15-13-22)24-16-18-25(19-17-24)35-32-11-7-5-9-27(32)29-20-28-26-8-4-6-10-30(26)34(2,3)31(28)21-33(29)35/h4-21H,1-3H3. The summed E-state index contributed by atoms with van der Waals surface area (Å²) in [4.78, 5) is 0. The van der Waals surface area contributed by atoms with Gasteiger partial charge in [0.1, 0.15) is 0 Å². The van der Waals surface area contributed by atoms with Crippen LogP contribution in [0.5, 0.6) is 0 Å². The lowest BCUT2D eigenvalue weighted by atomic mass is 9.82. The molecule has 0 aliphatic heterocycles. The lowest BCUT2D eigenvalue weighted by Crippen LogP contribution is -2.14. The highest BCUT2D eigenvalue weighted by Crippen LogP contribution is 2.50. The van der Waals surface area contributed by atoms with E-state index in [9.17, 15) is 0 Å². The number of nitrogens with zero attached hydrogens (tertiary/aromatic N) is 1. The normalized spacial score (nSPS) is 13.8. The van der Waals surface area contributed by atoms with Gasteiger partial charge in [0.05, 0.1) is 11.0 Å². The van der Waals surface area contributed by atoms with Gasteiger partial charge in [0.2, 0.25) is 0 Å². The Morgan fingerprint density at radius 3 is 1.97 bits per heavy atom. The van der Waals surface area contributed by atoms with E-state index in [-0.39, 0.29) is 5.41 Å². The molecule has 35 heavy (non-hydrogen) atoms. The van der Waals surface area contributed by atoms with Gasteiger partial charge < -0.3 is 4.57 Å². The molecule has 7 rings (SSSR count). The van der Waals surface area contributed by atoms with Crippen LogP contribution < -0.4 is 0 Å². The summed E-state index contributed by atoms with van der Waals surface area (Å²) in [5.41, 5.74) is 13.0. The minimum Gasteiger partial charge on any atom is -0.309 e. The summed E-state index contributed by atoms with van der Waals surface area (Å²) in [6.07, 6.45) is 0. The third-order valence-corrected chi connectivity index (χ3v) is 7.89. The Kier molecular flexibility index (Phi) is 4.17. The van der Waals surface area contributed by atoms with Gasteiger partial charge in [-0.3, -0.25) is 0 Å². The monoisotopic (exact) mass is 449 g/mol. The molecule has 5 aromatic carbocycles. The van der Waals surface area contributed by atoms with Gasteiger partial charge in [-0.2, -0.15) is 0 Å². The van der Waals surface area contributed by atoms with Crippen molar-refractivity contribution in [2.75, 3.05) is 0 Å². The Labute approximate surface area is 206 Å². The first-order chi connectivity index (χ1) is 17.0. The molecule has 0 amide bonds. The highest BCUT2D eigenvalue weighted by molar-refractivity contribution is 6.11. The smallest absolute Gasteiger partial charge is 0.0544 e. The summed E-state index contributed by atoms with van der Waals surface area (Å²) < 4.78 is 2.43. The molecule has 0 fully saturated rings. The molecule has 0 unspecified atom stereocenters. The summed E-state index contributed by atoms with van der Waals surface area (Å²) in [5, 5.41) is 2.62. The molecule has 1 aromatic heterocycles. The first-order valence-corrected chi connectivity index (χ1v) is 12.4. The third-order valence-electron chi connectivity index (χ3n) is 7.89. The third kappa shape index (κ3) is 2.88. The van der Waals surface area contributed by atoms with Crippen molar-refractivity contribution >= 4 is 21.8 Å². The maximum Gasteiger partial charge on any atom is 0.0544 e. The van der Waals surface area contributed by atoms with E-state index in [0.29, 0.717) is 0 Å². The van der Waals surface area contributed by atoms with Crippen LogP contribution in [0.15, 0.2) is 109 Å². The van der Waals surface area contributed by atoms with Gasteiger partial charge in [0.25, 0.3) is 0 Å². The molecule has 0 atom stereocenters. The fourth-order valence-corrected chi connectivity index (χ4v) is 5.99. The summed E-state index contributed by atoms with van der Waals surface area (Å²) in [5.74, 6) is 0. The van der Waals surface area contributed by atoms with Crippen molar-refractivity contribution in [1.29, 1.82) is 0 Å². The van der Waals surface area contributed by atoms with Gasteiger partial charge in [-0.15, -0.1) is 0 Å². The molecule has 1 aliphatic carbocycles. The predicted octanol–water partition coefficient (Wildman–Crippen LogP) is 9.07. The number of hydrogen-bond donors (Lipinski definition) is 0. The van der Waals surface area contributed by atoms with Crippen LogP contribution in [0.25, 0.3) is 49.7 Å². The van der Waals surface area contributed by atoms with E-state index in [4.69, 9.17) is 0 Å². The van der Waals surface area contributed by atoms with Crippen LogP contribution in [0.4, 0.5) is 0 Å². The lowest BCUT2D eigenvalue weighted by molar-refractivity contribution is 0.661. The van der Waals surface area contributed by atoms with E-state index < -0.39 is 0 Å². The molecule has 0 saturated heterocycles. The van der Waals surface area contributed by atoms with E-state index in [1.807, 2.05) is 0 Å². The topological polar surface area (TPSA) is 4.93 Å². The first-order valence-electron chi connectivity index (χ1n) is 12.4. The average molecular weight is 450 g/mol. The van der Waals surface area contributed by atoms with Gasteiger partial charge in [0, 0.05) is 21.9 Å². The molecule has 1 heteroatoms. The van der Waals surface area contributed by atoms with Crippen LogP contribution in [0.1, 0.15) is 30.5 Å². The van der Waals surface area contributed by atoms with Crippen molar-refractivity contribution in [3.63, 3.8) is 0 Å². The number of hydrogen-bond acceptors (Lipinski definition) is 0. The molecule has 0 radical (unpaired) electrons. The molecular weight excluding hydrogens is 422 g/mol. The zero-order chi connectivity index (χ0) is 23.7. The SMILES string of the molecule is Cc1ccc(-c2ccc(-n3c4ccccc4c4cc5c(cc43)C(C)(C)c3ccccc3-5)cc2)cc1. The van der Waals surface area contributed by atoms with Crippen molar-refractivity contribution in [2.24, 2.45) is 0 Å². The number of aromatic nitrogens is 1. The number of rotatable bonds is 2. The first kappa shape index (κ1) is 20.3. The fraction of sp³-hybridized carbons (Fsp3) is 0.118. The minimum atomic E-state index is -0.0172. The second-order valence-corrected chi connectivity index (χ2v) is 10.4. The van der Waals surface area contributed by atoms with E-state index in [0.717, 1.165) is 0 Å². The van der Waals surface area contributed by atoms with Crippen LogP contribution in [0.3, 0.4) is 0 Å². The molecule has 0 saturated carbocycles. The maximum absolute atomic E-state index is 2.44. The lowest BCUT2D eigenvalue weighted by Gasteiger charge is -2.21. The number of fused-ring (bicyclic) bond motifs is 6. The van der Waals surface area contributed by atoms with Crippen molar-refractivity contribution in [3.8, 4) is 27.9 Å². The summed E-state index contributed by atoms with van der Waals surface area (Å²) in [7, 11) is 0. The predicted molar refractivity (Wildman–Crippen MR) is 149 cm³/mol. The summed E-state index contributed by atoms with van der Waals surface area (Å²) in [6.45, 7) is 6.84. The van der Waals surface area contributed by atoms with Gasteiger partial charge in [-0.25, -0.2) is 0 Å². The Balaban J connectivity index is 1.47. The summed E-state index contributed by atoms with van der Waals surface area (Å²) >= 11 is 0. The quantitative estimate of drug-likeness (QED) is 0.248. The van der Waals surface area contributed by atoms with E-state index in [1.54, 1.807) is 0 Å². The van der Waals surface area contributed by atoms with Crippen LogP contribution >= 0.6 is 0 Å². The number of para-hydroxylation sites is 1. The Morgan fingerprint density at radius 1 is 0.543 bits per heavy atom. The molecular formula is C34H27N. The average Bonchev–Trinajstić information content (AvgIpc) is 3.33. The van der Waals surface area contributed by atoms with Gasteiger partial charge in [0.15, 0.2) is 0 Å². The molecule has 1 heterocycles. The van der Waals surface area contributed by atoms with Crippen LogP contribution in [-0.4, -0.2) is 4.57 Å². The molecule has 0 spiro atoms. The van der Waals surface area contributed by atoms with Gasteiger partial charge >= 0.3 is 0 Å². The highest BCUT2D eigenvalue weighted by atomic mass is 15.0. The molecule has 0 bridgehead atoms. The molecule has 1 nitrogen and oxygen atoms in total. The number of aryl methyl sites for hydroxylation is 1. The molecule has 168 valence electrons. The van der Waals surface area contributed by atoms with E-state index >= 15 is 0 Å². The van der Waals surface area contributed by atoms with Crippen molar-refractivity contribution < 1.29 is 0 Å². The van der Waals surface area contributed by atoms with E-state index in [1.165, 1.54) is 66.4 Å². The fourth-order valence-electron chi connectivity index (χ4n) is 5.99. The maximum atomic E-state index is 2.44. The molecule has 1 aliphatic rings.